The second-order valence-electron chi connectivity index (χ2n) is 8.07. The smallest absolute Gasteiger partial charge is 0.161 e. The van der Waals surface area contributed by atoms with Gasteiger partial charge in [0.2, 0.25) is 0 Å². The summed E-state index contributed by atoms with van der Waals surface area (Å²) in [6, 6.07) is 13.3. The first-order chi connectivity index (χ1) is 14.7. The average Bonchev–Trinajstić information content (AvgIpc) is 2.79. The molecular formula is C24H32N2O4. The zero-order chi connectivity index (χ0) is 20.9. The maximum atomic E-state index is 9.36. The Morgan fingerprint density at radius 1 is 1.00 bits per heavy atom. The number of fused-ring (bicyclic) bond motifs is 1. The van der Waals surface area contributed by atoms with Gasteiger partial charge in [-0.3, -0.25) is 4.90 Å². The van der Waals surface area contributed by atoms with Gasteiger partial charge in [0.05, 0.1) is 20.9 Å². The number of rotatable bonds is 7. The third kappa shape index (κ3) is 4.56. The molecule has 1 fully saturated rings. The highest BCUT2D eigenvalue weighted by molar-refractivity contribution is 5.57. The van der Waals surface area contributed by atoms with E-state index in [0.29, 0.717) is 12.5 Å². The van der Waals surface area contributed by atoms with E-state index < -0.39 is 0 Å². The molecule has 2 aliphatic rings. The molecule has 0 amide bonds. The van der Waals surface area contributed by atoms with E-state index in [1.54, 1.807) is 14.2 Å². The number of aliphatic hydroxyl groups is 1. The van der Waals surface area contributed by atoms with Gasteiger partial charge in [-0.2, -0.15) is 0 Å². The van der Waals surface area contributed by atoms with Crippen molar-refractivity contribution in [1.29, 1.82) is 0 Å². The van der Waals surface area contributed by atoms with Gasteiger partial charge in [-0.1, -0.05) is 18.2 Å². The molecule has 1 saturated heterocycles. The van der Waals surface area contributed by atoms with Crippen LogP contribution in [0.3, 0.4) is 0 Å². The normalized spacial score (nSPS) is 17.6. The summed E-state index contributed by atoms with van der Waals surface area (Å²) in [5.74, 6) is 1.52. The minimum Gasteiger partial charge on any atom is -0.493 e. The first-order valence-electron chi connectivity index (χ1n) is 10.7. The lowest BCUT2D eigenvalue weighted by molar-refractivity contribution is 0.0793. The molecule has 0 spiro atoms. The van der Waals surface area contributed by atoms with Gasteiger partial charge in [0, 0.05) is 44.6 Å². The van der Waals surface area contributed by atoms with Gasteiger partial charge in [-0.15, -0.1) is 0 Å². The molecule has 0 radical (unpaired) electrons. The molecule has 6 nitrogen and oxygen atoms in total. The van der Waals surface area contributed by atoms with Gasteiger partial charge < -0.3 is 24.2 Å². The Hall–Kier alpha value is -2.28. The molecule has 0 aliphatic carbocycles. The molecule has 162 valence electrons. The average molecular weight is 413 g/mol. The Kier molecular flexibility index (Phi) is 6.77. The van der Waals surface area contributed by atoms with E-state index >= 15 is 0 Å². The van der Waals surface area contributed by atoms with Gasteiger partial charge in [0.25, 0.3) is 0 Å². The fourth-order valence-corrected chi connectivity index (χ4v) is 4.56. The minimum atomic E-state index is 0.178. The van der Waals surface area contributed by atoms with Crippen LogP contribution in [-0.2, 0) is 24.2 Å². The fraction of sp³-hybridized carbons (Fsp3) is 0.500. The van der Waals surface area contributed by atoms with Crippen LogP contribution in [0.15, 0.2) is 36.4 Å². The Labute approximate surface area is 179 Å². The quantitative estimate of drug-likeness (QED) is 0.754. The number of benzene rings is 2. The summed E-state index contributed by atoms with van der Waals surface area (Å²) in [5.41, 5.74) is 5.05. The lowest BCUT2D eigenvalue weighted by atomic mass is 9.99. The van der Waals surface area contributed by atoms with Gasteiger partial charge in [0.15, 0.2) is 11.5 Å². The van der Waals surface area contributed by atoms with Crippen LogP contribution in [-0.4, -0.2) is 56.8 Å². The van der Waals surface area contributed by atoms with Gasteiger partial charge in [-0.25, -0.2) is 0 Å². The Morgan fingerprint density at radius 3 is 2.50 bits per heavy atom. The number of methoxy groups -OCH3 is 2. The van der Waals surface area contributed by atoms with Crippen molar-refractivity contribution < 1.29 is 19.3 Å². The molecule has 30 heavy (non-hydrogen) atoms. The van der Waals surface area contributed by atoms with Crippen LogP contribution in [0.5, 0.6) is 11.5 Å². The molecule has 0 saturated carbocycles. The summed E-state index contributed by atoms with van der Waals surface area (Å²) < 4.78 is 16.5. The Bertz CT molecular complexity index is 851. The lowest BCUT2D eigenvalue weighted by Gasteiger charge is -2.44. The van der Waals surface area contributed by atoms with Crippen molar-refractivity contribution in [2.24, 2.45) is 0 Å². The second-order valence-corrected chi connectivity index (χ2v) is 8.07. The van der Waals surface area contributed by atoms with Crippen molar-refractivity contribution >= 4 is 5.69 Å². The number of nitrogens with zero attached hydrogens (tertiary/aromatic N) is 2. The summed E-state index contributed by atoms with van der Waals surface area (Å²) in [6.45, 7) is 4.46. The van der Waals surface area contributed by atoms with Crippen LogP contribution in [0, 0.1) is 0 Å². The second kappa shape index (κ2) is 9.69. The predicted octanol–water partition coefficient (Wildman–Crippen LogP) is 3.20. The molecular weight excluding hydrogens is 380 g/mol. The van der Waals surface area contributed by atoms with Crippen LogP contribution in [0.4, 0.5) is 5.69 Å². The SMILES string of the molecule is COc1ccc(CN2Cc3cc(CCO)ccc3N(C3CCOCC3)C2)cc1OC. The van der Waals surface area contributed by atoms with E-state index in [4.69, 9.17) is 14.2 Å². The Morgan fingerprint density at radius 2 is 1.77 bits per heavy atom. The van der Waals surface area contributed by atoms with Gasteiger partial charge in [0.1, 0.15) is 0 Å². The summed E-state index contributed by atoms with van der Waals surface area (Å²) in [6.07, 6.45) is 2.81. The van der Waals surface area contributed by atoms with E-state index in [1.165, 1.54) is 22.4 Å². The summed E-state index contributed by atoms with van der Waals surface area (Å²) in [7, 11) is 3.34. The molecule has 0 bridgehead atoms. The molecule has 0 unspecified atom stereocenters. The highest BCUT2D eigenvalue weighted by Gasteiger charge is 2.29. The lowest BCUT2D eigenvalue weighted by Crippen LogP contribution is -2.49. The first kappa shape index (κ1) is 21.0. The Balaban J connectivity index is 1.59. The maximum absolute atomic E-state index is 9.36. The number of hydrogen-bond acceptors (Lipinski definition) is 6. The monoisotopic (exact) mass is 412 g/mol. The molecule has 4 rings (SSSR count). The van der Waals surface area contributed by atoms with E-state index in [9.17, 15) is 5.11 Å². The highest BCUT2D eigenvalue weighted by atomic mass is 16.5. The van der Waals surface area contributed by atoms with Crippen molar-refractivity contribution in [3.63, 3.8) is 0 Å². The molecule has 2 aromatic rings. The fourth-order valence-electron chi connectivity index (χ4n) is 4.56. The third-order valence-electron chi connectivity index (χ3n) is 6.09. The molecule has 6 heteroatoms. The van der Waals surface area contributed by atoms with E-state index in [1.807, 2.05) is 6.07 Å². The molecule has 0 aromatic heterocycles. The van der Waals surface area contributed by atoms with Gasteiger partial charge in [-0.05, 0) is 54.2 Å². The van der Waals surface area contributed by atoms with Crippen LogP contribution < -0.4 is 14.4 Å². The minimum absolute atomic E-state index is 0.178. The van der Waals surface area contributed by atoms with E-state index in [2.05, 4.69) is 40.1 Å². The number of ether oxygens (including phenoxy) is 3. The van der Waals surface area contributed by atoms with Gasteiger partial charge >= 0.3 is 0 Å². The van der Waals surface area contributed by atoms with Crippen LogP contribution in [0.25, 0.3) is 0 Å². The summed E-state index contributed by atoms with van der Waals surface area (Å²) in [5, 5.41) is 9.36. The topological polar surface area (TPSA) is 54.4 Å². The van der Waals surface area contributed by atoms with Crippen molar-refractivity contribution in [3.05, 3.63) is 53.1 Å². The first-order valence-corrected chi connectivity index (χ1v) is 10.7. The molecule has 1 N–H and O–H groups in total. The molecule has 2 heterocycles. The van der Waals surface area contributed by atoms with Crippen molar-refractivity contribution in [1.82, 2.24) is 4.90 Å². The number of hydrogen-bond donors (Lipinski definition) is 1. The summed E-state index contributed by atoms with van der Waals surface area (Å²) in [4.78, 5) is 5.02. The van der Waals surface area contributed by atoms with E-state index in [-0.39, 0.29) is 6.61 Å². The zero-order valence-corrected chi connectivity index (χ0v) is 18.0. The summed E-state index contributed by atoms with van der Waals surface area (Å²) >= 11 is 0. The van der Waals surface area contributed by atoms with Crippen molar-refractivity contribution in [3.8, 4) is 11.5 Å². The molecule has 2 aliphatic heterocycles. The van der Waals surface area contributed by atoms with Crippen LogP contribution >= 0.6 is 0 Å². The van der Waals surface area contributed by atoms with E-state index in [0.717, 1.165) is 57.3 Å². The molecule has 2 aromatic carbocycles. The number of aliphatic hydroxyl groups excluding tert-OH is 1. The highest BCUT2D eigenvalue weighted by Crippen LogP contribution is 2.34. The zero-order valence-electron chi connectivity index (χ0n) is 18.0. The standard InChI is InChI=1S/C24H32N2O4/c1-28-23-6-4-19(14-24(23)29-2)15-25-16-20-13-18(7-10-27)3-5-22(20)26(17-25)21-8-11-30-12-9-21/h3-6,13-14,21,27H,7-12,15-17H2,1-2H3. The predicted molar refractivity (Wildman–Crippen MR) is 117 cm³/mol. The van der Waals surface area contributed by atoms with Crippen molar-refractivity contribution in [2.75, 3.05) is 45.6 Å². The van der Waals surface area contributed by atoms with Crippen LogP contribution in [0.1, 0.15) is 29.5 Å². The van der Waals surface area contributed by atoms with Crippen molar-refractivity contribution in [2.45, 2.75) is 38.4 Å². The maximum Gasteiger partial charge on any atom is 0.161 e. The number of anilines is 1. The molecule has 0 atom stereocenters. The van der Waals surface area contributed by atoms with Crippen LogP contribution in [0.2, 0.25) is 0 Å². The third-order valence-corrected chi connectivity index (χ3v) is 6.09. The largest absolute Gasteiger partial charge is 0.493 e.